The maximum absolute atomic E-state index is 11.7. The Kier molecular flexibility index (Phi) is 6.70. The summed E-state index contributed by atoms with van der Waals surface area (Å²) in [6, 6.07) is 4.31. The molecule has 0 bridgehead atoms. The van der Waals surface area contributed by atoms with Crippen LogP contribution in [0.15, 0.2) is 41.8 Å². The molecule has 1 aliphatic rings. The highest BCUT2D eigenvalue weighted by Gasteiger charge is 2.20. The van der Waals surface area contributed by atoms with Crippen LogP contribution in [0, 0.1) is 5.92 Å². The Bertz CT molecular complexity index is 479. The minimum absolute atomic E-state index is 0.00322. The van der Waals surface area contributed by atoms with Crippen molar-refractivity contribution in [3.63, 3.8) is 0 Å². The number of piperidine rings is 1. The second-order valence-corrected chi connectivity index (χ2v) is 6.49. The fourth-order valence-corrected chi connectivity index (χ4v) is 3.39. The molecule has 1 N–H and O–H groups in total. The lowest BCUT2D eigenvalue weighted by atomic mass is 9.98. The van der Waals surface area contributed by atoms with E-state index < -0.39 is 0 Å². The molecule has 1 atom stereocenters. The number of carbonyl (C=O) groups is 1. The van der Waals surface area contributed by atoms with Crippen molar-refractivity contribution in [1.82, 2.24) is 10.2 Å². The molecule has 1 amide bonds. The Balaban J connectivity index is 1.72. The lowest BCUT2D eigenvalue weighted by Crippen LogP contribution is -2.40. The first-order valence-electron chi connectivity index (χ1n) is 7.60. The quantitative estimate of drug-likeness (QED) is 0.646. The van der Waals surface area contributed by atoms with Crippen molar-refractivity contribution >= 4 is 17.2 Å². The third kappa shape index (κ3) is 5.86. The highest BCUT2D eigenvalue weighted by atomic mass is 32.1. The molecular formula is C17H24N2OS. The van der Waals surface area contributed by atoms with Gasteiger partial charge in [0.05, 0.1) is 0 Å². The van der Waals surface area contributed by atoms with Crippen LogP contribution in [-0.2, 0) is 11.3 Å². The van der Waals surface area contributed by atoms with Crippen molar-refractivity contribution < 1.29 is 4.79 Å². The fourth-order valence-electron chi connectivity index (χ4n) is 2.64. The van der Waals surface area contributed by atoms with Gasteiger partial charge in [-0.2, -0.15) is 0 Å². The molecule has 114 valence electrons. The van der Waals surface area contributed by atoms with E-state index in [1.165, 1.54) is 24.3 Å². The number of hydrogen-bond acceptors (Lipinski definition) is 3. The number of likely N-dealkylation sites (tertiary alicyclic amines) is 1. The average molecular weight is 304 g/mol. The zero-order chi connectivity index (χ0) is 14.9. The SMILES string of the molecule is C/C=C/C=C/C(=O)NC[C@H]1CCCN(Cc2cccs2)C1. The number of rotatable bonds is 6. The van der Waals surface area contributed by atoms with Gasteiger partial charge in [0, 0.05) is 30.6 Å². The molecule has 0 unspecified atom stereocenters. The first kappa shape index (κ1) is 16.0. The summed E-state index contributed by atoms with van der Waals surface area (Å²) >= 11 is 1.82. The van der Waals surface area contributed by atoms with E-state index in [0.717, 1.165) is 19.6 Å². The van der Waals surface area contributed by atoms with E-state index in [1.54, 1.807) is 12.2 Å². The average Bonchev–Trinajstić information content (AvgIpc) is 2.99. The monoisotopic (exact) mass is 304 g/mol. The number of thiophene rings is 1. The predicted molar refractivity (Wildman–Crippen MR) is 89.3 cm³/mol. The minimum atomic E-state index is 0.00322. The molecule has 1 fully saturated rings. The number of amides is 1. The highest BCUT2D eigenvalue weighted by Crippen LogP contribution is 2.19. The fraction of sp³-hybridized carbons (Fsp3) is 0.471. The number of nitrogens with one attached hydrogen (secondary N) is 1. The standard InChI is InChI=1S/C17H24N2OS/c1-2-3-4-9-17(20)18-12-15-7-5-10-19(13-15)14-16-8-6-11-21-16/h2-4,6,8-9,11,15H,5,7,10,12-14H2,1H3,(H,18,20)/b3-2+,9-4+/t15-/m1/s1. The topological polar surface area (TPSA) is 32.3 Å². The summed E-state index contributed by atoms with van der Waals surface area (Å²) < 4.78 is 0. The predicted octanol–water partition coefficient (Wildman–Crippen LogP) is 3.21. The molecule has 0 saturated carbocycles. The summed E-state index contributed by atoms with van der Waals surface area (Å²) in [6.45, 7) is 6.01. The number of hydrogen-bond donors (Lipinski definition) is 1. The lowest BCUT2D eigenvalue weighted by molar-refractivity contribution is -0.116. The van der Waals surface area contributed by atoms with Crippen LogP contribution in [0.25, 0.3) is 0 Å². The smallest absolute Gasteiger partial charge is 0.243 e. The highest BCUT2D eigenvalue weighted by molar-refractivity contribution is 7.09. The number of allylic oxidation sites excluding steroid dienone is 3. The van der Waals surface area contributed by atoms with Gasteiger partial charge >= 0.3 is 0 Å². The molecule has 2 rings (SSSR count). The van der Waals surface area contributed by atoms with Crippen LogP contribution in [0.4, 0.5) is 0 Å². The molecule has 0 aromatic carbocycles. The molecule has 3 nitrogen and oxygen atoms in total. The van der Waals surface area contributed by atoms with Gasteiger partial charge in [0.25, 0.3) is 0 Å². The summed E-state index contributed by atoms with van der Waals surface area (Å²) in [7, 11) is 0. The van der Waals surface area contributed by atoms with Crippen LogP contribution < -0.4 is 5.32 Å². The number of nitrogens with zero attached hydrogens (tertiary/aromatic N) is 1. The molecule has 4 heteroatoms. The Morgan fingerprint density at radius 2 is 2.43 bits per heavy atom. The first-order valence-corrected chi connectivity index (χ1v) is 8.48. The van der Waals surface area contributed by atoms with Gasteiger partial charge in [-0.05, 0) is 43.7 Å². The van der Waals surface area contributed by atoms with Gasteiger partial charge in [0.1, 0.15) is 0 Å². The number of carbonyl (C=O) groups excluding carboxylic acids is 1. The van der Waals surface area contributed by atoms with Crippen molar-refractivity contribution in [2.45, 2.75) is 26.3 Å². The lowest BCUT2D eigenvalue weighted by Gasteiger charge is -2.32. The van der Waals surface area contributed by atoms with Crippen molar-refractivity contribution in [3.8, 4) is 0 Å². The molecule has 0 aliphatic carbocycles. The molecule has 1 saturated heterocycles. The van der Waals surface area contributed by atoms with Gasteiger partial charge in [-0.15, -0.1) is 11.3 Å². The van der Waals surface area contributed by atoms with Crippen molar-refractivity contribution in [2.24, 2.45) is 5.92 Å². The zero-order valence-electron chi connectivity index (χ0n) is 12.6. The molecular weight excluding hydrogens is 280 g/mol. The third-order valence-corrected chi connectivity index (χ3v) is 4.54. The zero-order valence-corrected chi connectivity index (χ0v) is 13.4. The maximum Gasteiger partial charge on any atom is 0.243 e. The van der Waals surface area contributed by atoms with Crippen LogP contribution in [-0.4, -0.2) is 30.4 Å². The van der Waals surface area contributed by atoms with E-state index in [4.69, 9.17) is 0 Å². The van der Waals surface area contributed by atoms with Gasteiger partial charge in [0.15, 0.2) is 0 Å². The molecule has 2 heterocycles. The summed E-state index contributed by atoms with van der Waals surface area (Å²) in [4.78, 5) is 15.6. The largest absolute Gasteiger partial charge is 0.352 e. The van der Waals surface area contributed by atoms with Gasteiger partial charge in [-0.1, -0.05) is 24.3 Å². The summed E-state index contributed by atoms with van der Waals surface area (Å²) in [5.74, 6) is 0.571. The van der Waals surface area contributed by atoms with Crippen LogP contribution in [0.5, 0.6) is 0 Å². The minimum Gasteiger partial charge on any atom is -0.352 e. The van der Waals surface area contributed by atoms with Crippen molar-refractivity contribution in [3.05, 3.63) is 46.7 Å². The normalized spacial score (nSPS) is 20.3. The molecule has 1 aliphatic heterocycles. The van der Waals surface area contributed by atoms with Crippen LogP contribution in [0.2, 0.25) is 0 Å². The third-order valence-electron chi connectivity index (χ3n) is 3.68. The van der Waals surface area contributed by atoms with E-state index in [-0.39, 0.29) is 5.91 Å². The van der Waals surface area contributed by atoms with Crippen LogP contribution in [0.3, 0.4) is 0 Å². The van der Waals surface area contributed by atoms with Crippen molar-refractivity contribution in [2.75, 3.05) is 19.6 Å². The van der Waals surface area contributed by atoms with Crippen LogP contribution >= 0.6 is 11.3 Å². The molecule has 21 heavy (non-hydrogen) atoms. The molecule has 1 aromatic rings. The Labute approximate surface area is 131 Å². The Hall–Kier alpha value is -1.39. The second-order valence-electron chi connectivity index (χ2n) is 5.45. The van der Waals surface area contributed by atoms with Gasteiger partial charge < -0.3 is 5.32 Å². The van der Waals surface area contributed by atoms with Crippen molar-refractivity contribution in [1.29, 1.82) is 0 Å². The van der Waals surface area contributed by atoms with E-state index in [9.17, 15) is 4.79 Å². The van der Waals surface area contributed by atoms with Crippen LogP contribution in [0.1, 0.15) is 24.6 Å². The Morgan fingerprint density at radius 3 is 3.19 bits per heavy atom. The Morgan fingerprint density at radius 1 is 1.52 bits per heavy atom. The first-order chi connectivity index (χ1) is 10.3. The second kappa shape index (κ2) is 8.80. The van der Waals surface area contributed by atoms with Gasteiger partial charge in [-0.3, -0.25) is 9.69 Å². The molecule has 0 spiro atoms. The van der Waals surface area contributed by atoms with Gasteiger partial charge in [-0.25, -0.2) is 0 Å². The van der Waals surface area contributed by atoms with Gasteiger partial charge in [0.2, 0.25) is 5.91 Å². The summed E-state index contributed by atoms with van der Waals surface area (Å²) in [5.41, 5.74) is 0. The van der Waals surface area contributed by atoms with E-state index in [0.29, 0.717) is 5.92 Å². The van der Waals surface area contributed by atoms with E-state index in [1.807, 2.05) is 30.4 Å². The molecule has 1 aromatic heterocycles. The van der Waals surface area contributed by atoms with E-state index in [2.05, 4.69) is 27.7 Å². The maximum atomic E-state index is 11.7. The molecule has 0 radical (unpaired) electrons. The summed E-state index contributed by atoms with van der Waals surface area (Å²) in [6.07, 6.45) is 9.57. The summed E-state index contributed by atoms with van der Waals surface area (Å²) in [5, 5.41) is 5.14. The van der Waals surface area contributed by atoms with E-state index >= 15 is 0 Å².